The maximum Gasteiger partial charge on any atom is 0.433 e. The predicted octanol–water partition coefficient (Wildman–Crippen LogP) is 6.02. The molecule has 5 aromatic rings. The first kappa shape index (κ1) is 26.2. The zero-order valence-electron chi connectivity index (χ0n) is 20.4. The molecule has 0 saturated carbocycles. The highest BCUT2D eigenvalue weighted by Gasteiger charge is 2.35. The lowest BCUT2D eigenvalue weighted by molar-refractivity contribution is -0.142. The van der Waals surface area contributed by atoms with E-state index in [0.717, 1.165) is 6.07 Å². The number of carbonyl (C=O) groups is 1. The maximum atomic E-state index is 13.9. The number of nitrogens with zero attached hydrogens (tertiary/aromatic N) is 5. The highest BCUT2D eigenvalue weighted by molar-refractivity contribution is 6.31. The maximum absolute atomic E-state index is 13.9. The summed E-state index contributed by atoms with van der Waals surface area (Å²) in [5, 5.41) is 10.9. The lowest BCUT2D eigenvalue weighted by Crippen LogP contribution is -2.16. The molecule has 0 aliphatic carbocycles. The van der Waals surface area contributed by atoms with Gasteiger partial charge < -0.3 is 10.1 Å². The summed E-state index contributed by atoms with van der Waals surface area (Å²) in [6.07, 6.45) is -4.76. The number of aromatic nitrogens is 5. The fraction of sp³-hybridized carbons (Fsp3) is 0.154. The highest BCUT2D eigenvalue weighted by Crippen LogP contribution is 2.33. The van der Waals surface area contributed by atoms with Crippen molar-refractivity contribution in [3.8, 4) is 17.0 Å². The van der Waals surface area contributed by atoms with Crippen LogP contribution < -0.4 is 10.1 Å². The predicted molar refractivity (Wildman–Crippen MR) is 135 cm³/mol. The molecule has 200 valence electrons. The van der Waals surface area contributed by atoms with Gasteiger partial charge in [-0.2, -0.15) is 23.4 Å². The summed E-state index contributed by atoms with van der Waals surface area (Å²) in [5.41, 5.74) is 0.221. The molecule has 1 N–H and O–H groups in total. The van der Waals surface area contributed by atoms with E-state index in [0.29, 0.717) is 27.1 Å². The summed E-state index contributed by atoms with van der Waals surface area (Å²) < 4.78 is 62.3. The number of methoxy groups -OCH3 is 1. The highest BCUT2D eigenvalue weighted by atomic mass is 35.5. The van der Waals surface area contributed by atoms with E-state index in [-0.39, 0.29) is 34.4 Å². The van der Waals surface area contributed by atoms with E-state index in [1.807, 2.05) is 0 Å². The quantitative estimate of drug-likeness (QED) is 0.258. The molecule has 13 heteroatoms. The fourth-order valence-electron chi connectivity index (χ4n) is 3.92. The second-order valence-corrected chi connectivity index (χ2v) is 8.98. The van der Waals surface area contributed by atoms with Crippen LogP contribution in [-0.4, -0.2) is 37.4 Å². The van der Waals surface area contributed by atoms with E-state index in [4.69, 9.17) is 16.3 Å². The van der Waals surface area contributed by atoms with E-state index in [1.54, 1.807) is 41.9 Å². The molecule has 0 unspecified atom stereocenters. The van der Waals surface area contributed by atoms with Crippen molar-refractivity contribution in [2.24, 2.45) is 0 Å². The number of alkyl halides is 3. The van der Waals surface area contributed by atoms with Crippen molar-refractivity contribution in [2.75, 3.05) is 12.4 Å². The number of ether oxygens (including phenoxy) is 1. The number of amides is 1. The summed E-state index contributed by atoms with van der Waals surface area (Å²) in [6.45, 7) is 1.95. The van der Waals surface area contributed by atoms with Crippen LogP contribution >= 0.6 is 11.6 Å². The van der Waals surface area contributed by atoms with E-state index >= 15 is 0 Å². The molecule has 3 heterocycles. The van der Waals surface area contributed by atoms with Crippen molar-refractivity contribution in [1.29, 1.82) is 0 Å². The Kier molecular flexibility index (Phi) is 6.73. The Morgan fingerprint density at radius 1 is 1.05 bits per heavy atom. The first-order valence-corrected chi connectivity index (χ1v) is 11.8. The summed E-state index contributed by atoms with van der Waals surface area (Å²) in [6, 6.07) is 14.0. The summed E-state index contributed by atoms with van der Waals surface area (Å²) in [5.74, 6) is -0.557. The average Bonchev–Trinajstić information content (AvgIpc) is 3.47. The Balaban J connectivity index is 1.44. The zero-order chi connectivity index (χ0) is 27.9. The number of fused-ring (bicyclic) bond motifs is 1. The summed E-state index contributed by atoms with van der Waals surface area (Å²) in [7, 11) is 1.48. The fourth-order valence-corrected chi connectivity index (χ4v) is 4.15. The minimum absolute atomic E-state index is 0.0539. The van der Waals surface area contributed by atoms with Gasteiger partial charge in [0.1, 0.15) is 11.6 Å². The largest absolute Gasteiger partial charge is 0.497 e. The van der Waals surface area contributed by atoms with Gasteiger partial charge in [0.15, 0.2) is 22.9 Å². The average molecular weight is 559 g/mol. The second-order valence-electron chi connectivity index (χ2n) is 8.57. The van der Waals surface area contributed by atoms with Crippen LogP contribution in [0.3, 0.4) is 0 Å². The van der Waals surface area contributed by atoms with Crippen LogP contribution in [0.5, 0.6) is 5.75 Å². The molecule has 39 heavy (non-hydrogen) atoms. The van der Waals surface area contributed by atoms with Crippen LogP contribution in [-0.2, 0) is 12.7 Å². The number of hydrogen-bond acceptors (Lipinski definition) is 5. The number of rotatable bonds is 6. The topological polar surface area (TPSA) is 86.3 Å². The normalized spacial score (nSPS) is 11.7. The molecule has 0 aliphatic heterocycles. The van der Waals surface area contributed by atoms with Gasteiger partial charge in [0.2, 0.25) is 0 Å². The number of nitrogens with one attached hydrogen (secondary N) is 1. The monoisotopic (exact) mass is 558 g/mol. The van der Waals surface area contributed by atoms with Crippen molar-refractivity contribution in [3.05, 3.63) is 94.1 Å². The van der Waals surface area contributed by atoms with Crippen LogP contribution in [0.1, 0.15) is 27.4 Å². The van der Waals surface area contributed by atoms with Gasteiger partial charge in [-0.1, -0.05) is 17.7 Å². The number of halogens is 5. The standard InChI is InChI=1S/C26H19ClF4N6O2/c1-14-9-23(35-36(14)13-16-3-6-17(28)10-19(16)27)33-25(38)21-12-24-32-20(15-4-7-18(39-2)8-5-15)11-22(26(29,30)31)37(24)34-21/h3-12H,13H2,1-2H3,(H,33,35,38). The Bertz CT molecular complexity index is 1700. The Morgan fingerprint density at radius 2 is 1.79 bits per heavy atom. The van der Waals surface area contributed by atoms with Crippen molar-refractivity contribution >= 4 is 29.0 Å². The van der Waals surface area contributed by atoms with Gasteiger partial charge in [-0.3, -0.25) is 9.48 Å². The van der Waals surface area contributed by atoms with Gasteiger partial charge in [0.05, 0.1) is 19.3 Å². The van der Waals surface area contributed by atoms with Gasteiger partial charge in [-0.05, 0) is 55.0 Å². The molecule has 3 aromatic heterocycles. The molecule has 5 rings (SSSR count). The first-order valence-electron chi connectivity index (χ1n) is 11.4. The Labute approximate surface area is 223 Å². The Hall–Kier alpha value is -4.45. The molecule has 0 radical (unpaired) electrons. The van der Waals surface area contributed by atoms with E-state index in [9.17, 15) is 22.4 Å². The molecule has 0 aliphatic rings. The van der Waals surface area contributed by atoms with Gasteiger partial charge in [0.25, 0.3) is 5.91 Å². The van der Waals surface area contributed by atoms with Crippen LogP contribution in [0, 0.1) is 12.7 Å². The third-order valence-electron chi connectivity index (χ3n) is 5.89. The minimum Gasteiger partial charge on any atom is -0.497 e. The number of anilines is 1. The molecule has 0 fully saturated rings. The molecule has 0 spiro atoms. The molecule has 0 saturated heterocycles. The number of carbonyl (C=O) groups excluding carboxylic acids is 1. The zero-order valence-corrected chi connectivity index (χ0v) is 21.2. The second kappa shape index (κ2) is 10.0. The third-order valence-corrected chi connectivity index (χ3v) is 6.25. The third kappa shape index (κ3) is 5.41. The van der Waals surface area contributed by atoms with Gasteiger partial charge in [0, 0.05) is 28.4 Å². The first-order chi connectivity index (χ1) is 18.5. The molecule has 2 aromatic carbocycles. The van der Waals surface area contributed by atoms with Crippen molar-refractivity contribution in [3.63, 3.8) is 0 Å². The smallest absolute Gasteiger partial charge is 0.433 e. The molecule has 0 atom stereocenters. The lowest BCUT2D eigenvalue weighted by Gasteiger charge is -2.11. The molecular formula is C26H19ClF4N6O2. The van der Waals surface area contributed by atoms with Gasteiger partial charge in [-0.15, -0.1) is 0 Å². The van der Waals surface area contributed by atoms with Gasteiger partial charge >= 0.3 is 6.18 Å². The summed E-state index contributed by atoms with van der Waals surface area (Å²) in [4.78, 5) is 17.2. The van der Waals surface area contributed by atoms with Gasteiger partial charge in [-0.25, -0.2) is 13.9 Å². The van der Waals surface area contributed by atoms with Crippen LogP contribution in [0.15, 0.2) is 60.7 Å². The molecule has 0 bridgehead atoms. The number of aryl methyl sites for hydroxylation is 1. The minimum atomic E-state index is -4.76. The van der Waals surface area contributed by atoms with Crippen LogP contribution in [0.4, 0.5) is 23.4 Å². The van der Waals surface area contributed by atoms with E-state index in [2.05, 4.69) is 20.5 Å². The van der Waals surface area contributed by atoms with Crippen molar-refractivity contribution in [2.45, 2.75) is 19.6 Å². The number of benzene rings is 2. The SMILES string of the molecule is COc1ccc(-c2cc(C(F)(F)F)n3nc(C(=O)Nc4cc(C)n(Cc5ccc(F)cc5Cl)n4)cc3n2)cc1. The van der Waals surface area contributed by atoms with Crippen LogP contribution in [0.25, 0.3) is 16.9 Å². The van der Waals surface area contributed by atoms with E-state index in [1.165, 1.54) is 31.4 Å². The van der Waals surface area contributed by atoms with Crippen molar-refractivity contribution in [1.82, 2.24) is 24.4 Å². The molecule has 8 nitrogen and oxygen atoms in total. The van der Waals surface area contributed by atoms with Crippen LogP contribution in [0.2, 0.25) is 5.02 Å². The summed E-state index contributed by atoms with van der Waals surface area (Å²) >= 11 is 6.10. The van der Waals surface area contributed by atoms with E-state index < -0.39 is 23.6 Å². The molecule has 1 amide bonds. The van der Waals surface area contributed by atoms with Crippen molar-refractivity contribution < 1.29 is 27.1 Å². The number of hydrogen-bond donors (Lipinski definition) is 1. The molecular weight excluding hydrogens is 540 g/mol. The lowest BCUT2D eigenvalue weighted by atomic mass is 10.1. The Morgan fingerprint density at radius 3 is 2.46 bits per heavy atom.